The molecule has 6 aliphatic carbocycles. The van der Waals surface area contributed by atoms with Gasteiger partial charge in [-0.2, -0.15) is 0 Å². The molecule has 0 aliphatic heterocycles. The van der Waals surface area contributed by atoms with Gasteiger partial charge in [0.2, 0.25) is 0 Å². The largest absolute Gasteiger partial charge is 0.264 e. The van der Waals surface area contributed by atoms with Crippen molar-refractivity contribution < 1.29 is 14.8 Å². The Morgan fingerprint density at radius 3 is 1.24 bits per heavy atom. The van der Waals surface area contributed by atoms with Crippen LogP contribution in [0.1, 0.15) is 0 Å². The topological polar surface area (TPSA) is 129 Å². The van der Waals surface area contributed by atoms with E-state index in [1.807, 2.05) is 0 Å². The zero-order valence-corrected chi connectivity index (χ0v) is 8.18. The van der Waals surface area contributed by atoms with Crippen molar-refractivity contribution in [2.45, 2.75) is 16.6 Å². The van der Waals surface area contributed by atoms with Gasteiger partial charge in [-0.1, -0.05) is 0 Å². The summed E-state index contributed by atoms with van der Waals surface area (Å²) < 4.78 is 0. The zero-order valence-electron chi connectivity index (χ0n) is 8.18. The van der Waals surface area contributed by atoms with Crippen molar-refractivity contribution >= 4 is 0 Å². The summed E-state index contributed by atoms with van der Waals surface area (Å²) in [4.78, 5) is 31.8. The number of hydrogen-bond acceptors (Lipinski definition) is 6. The van der Waals surface area contributed by atoms with Gasteiger partial charge in [-0.05, 0) is 0 Å². The fourth-order valence-corrected chi connectivity index (χ4v) is 6.66. The first-order valence-electron chi connectivity index (χ1n) is 5.36. The summed E-state index contributed by atoms with van der Waals surface area (Å²) in [6, 6.07) is 0. The summed E-state index contributed by atoms with van der Waals surface area (Å²) in [7, 11) is 0. The molecule has 6 rings (SSSR count). The monoisotopic (exact) mass is 239 g/mol. The number of nitro groups is 3. The zero-order chi connectivity index (χ0) is 12.1. The third kappa shape index (κ3) is 0.313. The molecule has 0 saturated heterocycles. The molecular weight excluding hydrogens is 234 g/mol. The Balaban J connectivity index is 1.72. The van der Waals surface area contributed by atoms with Gasteiger partial charge >= 0.3 is 0 Å². The van der Waals surface area contributed by atoms with Crippen molar-refractivity contribution in [1.29, 1.82) is 0 Å². The summed E-state index contributed by atoms with van der Waals surface area (Å²) in [6.45, 7) is 0. The second kappa shape index (κ2) is 1.53. The van der Waals surface area contributed by atoms with Crippen LogP contribution in [0.15, 0.2) is 0 Å². The Labute approximate surface area is 92.2 Å². The maximum atomic E-state index is 11.1. The van der Waals surface area contributed by atoms with E-state index >= 15 is 0 Å². The second-order valence-corrected chi connectivity index (χ2v) is 5.88. The predicted molar refractivity (Wildman–Crippen MR) is 46.6 cm³/mol. The lowest BCUT2D eigenvalue weighted by molar-refractivity contribution is -0.939. The molecule has 0 N–H and O–H groups in total. The average molecular weight is 239 g/mol. The van der Waals surface area contributed by atoms with Gasteiger partial charge in [-0.15, -0.1) is 0 Å². The number of hydrogen-bond donors (Lipinski definition) is 0. The third-order valence-electron chi connectivity index (χ3n) is 6.48. The van der Waals surface area contributed by atoms with Crippen LogP contribution in [0.3, 0.4) is 0 Å². The van der Waals surface area contributed by atoms with Crippen molar-refractivity contribution in [3.63, 3.8) is 0 Å². The van der Waals surface area contributed by atoms with E-state index in [4.69, 9.17) is 0 Å². The van der Waals surface area contributed by atoms with Gasteiger partial charge in [0, 0.05) is 20.7 Å². The first-order valence-corrected chi connectivity index (χ1v) is 5.36. The average Bonchev–Trinajstić information content (AvgIpc) is 2.26. The highest BCUT2D eigenvalue weighted by Gasteiger charge is 3.32. The molecule has 9 nitrogen and oxygen atoms in total. The Morgan fingerprint density at radius 2 is 1.00 bits per heavy atom. The Bertz CT molecular complexity index is 493. The highest BCUT2D eigenvalue weighted by Crippen LogP contribution is 3.06. The van der Waals surface area contributed by atoms with Crippen LogP contribution in [-0.2, 0) is 0 Å². The van der Waals surface area contributed by atoms with Crippen LogP contribution >= 0.6 is 0 Å². The van der Waals surface area contributed by atoms with Gasteiger partial charge in [-0.25, -0.2) is 0 Å². The molecular formula is C8H5N3O6. The quantitative estimate of drug-likeness (QED) is 0.467. The van der Waals surface area contributed by atoms with Gasteiger partial charge in [0.25, 0.3) is 16.6 Å². The lowest BCUT2D eigenvalue weighted by Crippen LogP contribution is -3.25. The number of nitrogens with zero attached hydrogens (tertiary/aromatic N) is 3. The molecule has 0 spiro atoms. The first-order chi connectivity index (χ1) is 7.93. The van der Waals surface area contributed by atoms with Crippen LogP contribution in [0.25, 0.3) is 0 Å². The minimum atomic E-state index is -1.31. The van der Waals surface area contributed by atoms with Crippen LogP contribution < -0.4 is 0 Å². The minimum Gasteiger partial charge on any atom is -0.264 e. The van der Waals surface area contributed by atoms with Crippen LogP contribution in [0.4, 0.5) is 0 Å². The van der Waals surface area contributed by atoms with E-state index in [1.165, 1.54) is 0 Å². The maximum Gasteiger partial charge on any atom is 0.258 e. The summed E-state index contributed by atoms with van der Waals surface area (Å²) in [5, 5.41) is 33.2. The molecule has 0 amide bonds. The molecule has 0 aromatic carbocycles. The van der Waals surface area contributed by atoms with E-state index in [9.17, 15) is 30.3 Å². The molecule has 6 fully saturated rings. The van der Waals surface area contributed by atoms with E-state index in [0.717, 1.165) is 0 Å². The Hall–Kier alpha value is -1.80. The first kappa shape index (κ1) is 8.31. The number of rotatable bonds is 3. The van der Waals surface area contributed by atoms with Gasteiger partial charge in [0.15, 0.2) is 5.92 Å². The Kier molecular flexibility index (Phi) is 0.749. The predicted octanol–water partition coefficient (Wildman–Crippen LogP) is -0.818. The van der Waals surface area contributed by atoms with Crippen LogP contribution in [0.5, 0.6) is 0 Å². The molecule has 0 bridgehead atoms. The second-order valence-electron chi connectivity index (χ2n) is 5.88. The molecule has 0 radical (unpaired) electrons. The molecule has 0 unspecified atom stereocenters. The van der Waals surface area contributed by atoms with Crippen molar-refractivity contribution in [1.82, 2.24) is 0 Å². The van der Waals surface area contributed by atoms with E-state index in [2.05, 4.69) is 0 Å². The standard InChI is InChI=1S/C8H5N3O6/c12-9(13)6-2-1-3(6)8(11(16)17)4(1)7(2,5(6)8)10(14)15/h1-5H. The highest BCUT2D eigenvalue weighted by molar-refractivity contribution is 5.65. The van der Waals surface area contributed by atoms with Gasteiger partial charge < -0.3 is 0 Å². The van der Waals surface area contributed by atoms with Crippen LogP contribution in [-0.4, -0.2) is 31.4 Å². The fraction of sp³-hybridized carbons (Fsp3) is 1.00. The van der Waals surface area contributed by atoms with Crippen LogP contribution in [0.2, 0.25) is 0 Å². The van der Waals surface area contributed by atoms with E-state index in [1.54, 1.807) is 0 Å². The molecule has 0 heterocycles. The molecule has 6 aliphatic rings. The molecule has 17 heavy (non-hydrogen) atoms. The Morgan fingerprint density at radius 1 is 0.706 bits per heavy atom. The summed E-state index contributed by atoms with van der Waals surface area (Å²) in [6.07, 6.45) is 0. The molecule has 6 saturated carbocycles. The normalized spacial score (nSPS) is 69.5. The third-order valence-corrected chi connectivity index (χ3v) is 6.48. The molecule has 0 aromatic rings. The van der Waals surface area contributed by atoms with Crippen molar-refractivity contribution in [3.8, 4) is 0 Å². The summed E-state index contributed by atoms with van der Waals surface area (Å²) in [5.41, 5.74) is -3.92. The molecule has 0 aromatic heterocycles. The van der Waals surface area contributed by atoms with E-state index in [0.29, 0.717) is 0 Å². The highest BCUT2D eigenvalue weighted by atomic mass is 16.7. The van der Waals surface area contributed by atoms with Crippen molar-refractivity contribution in [2.24, 2.45) is 29.6 Å². The molecule has 88 valence electrons. The van der Waals surface area contributed by atoms with Gasteiger partial charge in [0.1, 0.15) is 17.8 Å². The van der Waals surface area contributed by atoms with Gasteiger partial charge in [0.05, 0.1) is 0 Å². The fourth-order valence-electron chi connectivity index (χ4n) is 6.66. The minimum absolute atomic E-state index is 0.124. The van der Waals surface area contributed by atoms with Crippen molar-refractivity contribution in [2.75, 3.05) is 0 Å². The van der Waals surface area contributed by atoms with Crippen LogP contribution in [0, 0.1) is 59.9 Å². The van der Waals surface area contributed by atoms with E-state index < -0.39 is 55.1 Å². The maximum absolute atomic E-state index is 11.1. The SMILES string of the molecule is O=[N+]([O-])C12C3C4C1C1([N+](=O)[O-])C4C3([N+](=O)[O-])C21. The smallest absolute Gasteiger partial charge is 0.258 e. The molecule has 9 heteroatoms. The molecule has 0 atom stereocenters. The van der Waals surface area contributed by atoms with Crippen molar-refractivity contribution in [3.05, 3.63) is 30.3 Å². The lowest BCUT2D eigenvalue weighted by atomic mass is 8.93. The summed E-state index contributed by atoms with van der Waals surface area (Å²) in [5.74, 6) is -2.65. The summed E-state index contributed by atoms with van der Waals surface area (Å²) >= 11 is 0. The lowest BCUT2D eigenvalue weighted by Gasteiger charge is -2.99. The van der Waals surface area contributed by atoms with Gasteiger partial charge in [-0.3, -0.25) is 30.3 Å². The van der Waals surface area contributed by atoms with E-state index in [-0.39, 0.29) is 5.92 Å².